The van der Waals surface area contributed by atoms with E-state index < -0.39 is 0 Å². The Morgan fingerprint density at radius 3 is 3.00 bits per heavy atom. The van der Waals surface area contributed by atoms with Crippen LogP contribution in [-0.4, -0.2) is 26.5 Å². The molecule has 108 valence electrons. The Kier molecular flexibility index (Phi) is 3.87. The highest BCUT2D eigenvalue weighted by Gasteiger charge is 2.08. The largest absolute Gasteiger partial charge is 0.330 e. The van der Waals surface area contributed by atoms with Crippen molar-refractivity contribution in [3.05, 3.63) is 53.7 Å². The molecule has 0 atom stereocenters. The second kappa shape index (κ2) is 5.97. The second-order valence-electron chi connectivity index (χ2n) is 4.91. The van der Waals surface area contributed by atoms with Crippen molar-refractivity contribution in [1.82, 2.24) is 20.0 Å². The number of aryl methyl sites for hydroxylation is 1. The van der Waals surface area contributed by atoms with Crippen molar-refractivity contribution >= 4 is 10.9 Å². The van der Waals surface area contributed by atoms with Crippen LogP contribution in [0.3, 0.4) is 0 Å². The van der Waals surface area contributed by atoms with Gasteiger partial charge in [0.05, 0.1) is 17.8 Å². The van der Waals surface area contributed by atoms with E-state index >= 15 is 0 Å². The molecule has 2 aromatic heterocycles. The van der Waals surface area contributed by atoms with Crippen LogP contribution in [0, 0.1) is 5.82 Å². The zero-order valence-electron chi connectivity index (χ0n) is 11.5. The maximum Gasteiger partial charge on any atom is 0.132 e. The minimum atomic E-state index is -0.260. The third-order valence-corrected chi connectivity index (χ3v) is 3.36. The van der Waals surface area contributed by atoms with Gasteiger partial charge in [-0.15, -0.1) is 5.10 Å². The number of benzene rings is 1. The van der Waals surface area contributed by atoms with E-state index in [4.69, 9.17) is 5.73 Å². The highest BCUT2D eigenvalue weighted by Crippen LogP contribution is 2.20. The van der Waals surface area contributed by atoms with E-state index in [0.29, 0.717) is 24.0 Å². The topological polar surface area (TPSA) is 69.6 Å². The summed E-state index contributed by atoms with van der Waals surface area (Å²) >= 11 is 0. The van der Waals surface area contributed by atoms with E-state index in [1.165, 1.54) is 6.07 Å². The molecule has 1 aromatic carbocycles. The molecule has 6 heteroatoms. The molecule has 0 unspecified atom stereocenters. The Morgan fingerprint density at radius 1 is 1.24 bits per heavy atom. The molecule has 0 aliphatic rings. The van der Waals surface area contributed by atoms with Gasteiger partial charge in [-0.05, 0) is 37.6 Å². The molecule has 0 amide bonds. The van der Waals surface area contributed by atoms with Crippen LogP contribution in [0.4, 0.5) is 4.39 Å². The molecular weight excluding hydrogens is 269 g/mol. The van der Waals surface area contributed by atoms with Gasteiger partial charge in [0.2, 0.25) is 0 Å². The highest BCUT2D eigenvalue weighted by atomic mass is 19.1. The van der Waals surface area contributed by atoms with Gasteiger partial charge in [0, 0.05) is 23.3 Å². The van der Waals surface area contributed by atoms with Crippen molar-refractivity contribution in [1.29, 1.82) is 0 Å². The molecule has 3 rings (SSSR count). The zero-order valence-corrected chi connectivity index (χ0v) is 11.5. The van der Waals surface area contributed by atoms with Gasteiger partial charge in [-0.1, -0.05) is 11.3 Å². The minimum absolute atomic E-state index is 0.260. The van der Waals surface area contributed by atoms with E-state index in [9.17, 15) is 4.39 Å². The van der Waals surface area contributed by atoms with Crippen LogP contribution < -0.4 is 5.73 Å². The van der Waals surface area contributed by atoms with Gasteiger partial charge >= 0.3 is 0 Å². The quantitative estimate of drug-likeness (QED) is 0.777. The first kappa shape index (κ1) is 13.6. The summed E-state index contributed by atoms with van der Waals surface area (Å²) in [7, 11) is 0. The molecule has 2 heterocycles. The number of pyridine rings is 1. The summed E-state index contributed by atoms with van der Waals surface area (Å²) < 4.78 is 15.5. The van der Waals surface area contributed by atoms with Gasteiger partial charge in [0.25, 0.3) is 0 Å². The van der Waals surface area contributed by atoms with Crippen molar-refractivity contribution < 1.29 is 4.39 Å². The lowest BCUT2D eigenvalue weighted by Gasteiger charge is -2.06. The van der Waals surface area contributed by atoms with Gasteiger partial charge in [-0.2, -0.15) is 0 Å². The van der Waals surface area contributed by atoms with Crippen molar-refractivity contribution in [2.45, 2.75) is 19.4 Å². The SMILES string of the molecule is NCCCc1cn(Cc2ccc(F)c3cccnc23)nn1. The third kappa shape index (κ3) is 2.90. The Labute approximate surface area is 121 Å². The van der Waals surface area contributed by atoms with Crippen LogP contribution in [0.5, 0.6) is 0 Å². The Bertz CT molecular complexity index is 753. The molecule has 0 aliphatic carbocycles. The summed E-state index contributed by atoms with van der Waals surface area (Å²) in [6.07, 6.45) is 5.27. The van der Waals surface area contributed by atoms with Gasteiger partial charge in [0.15, 0.2) is 0 Å². The van der Waals surface area contributed by atoms with Crippen LogP contribution in [0.25, 0.3) is 10.9 Å². The Balaban J connectivity index is 1.88. The summed E-state index contributed by atoms with van der Waals surface area (Å²) in [4.78, 5) is 4.28. The molecular formula is C15H16FN5. The Morgan fingerprint density at radius 2 is 2.14 bits per heavy atom. The number of fused-ring (bicyclic) bond motifs is 1. The maximum atomic E-state index is 13.8. The molecule has 21 heavy (non-hydrogen) atoms. The number of hydrogen-bond acceptors (Lipinski definition) is 4. The summed E-state index contributed by atoms with van der Waals surface area (Å²) in [5, 5.41) is 8.73. The van der Waals surface area contributed by atoms with Crippen molar-refractivity contribution in [3.8, 4) is 0 Å². The Hall–Kier alpha value is -2.34. The first-order valence-electron chi connectivity index (χ1n) is 6.89. The number of nitrogens with zero attached hydrogens (tertiary/aromatic N) is 4. The van der Waals surface area contributed by atoms with Gasteiger partial charge in [-0.25, -0.2) is 9.07 Å². The van der Waals surface area contributed by atoms with Crippen molar-refractivity contribution in [3.63, 3.8) is 0 Å². The van der Waals surface area contributed by atoms with Gasteiger partial charge in [-0.3, -0.25) is 4.98 Å². The fraction of sp³-hybridized carbons (Fsp3) is 0.267. The molecule has 0 spiro atoms. The van der Waals surface area contributed by atoms with E-state index in [1.54, 1.807) is 29.1 Å². The molecule has 0 radical (unpaired) electrons. The molecule has 0 saturated carbocycles. The fourth-order valence-electron chi connectivity index (χ4n) is 2.31. The molecule has 2 N–H and O–H groups in total. The molecule has 0 saturated heterocycles. The van der Waals surface area contributed by atoms with Crippen molar-refractivity contribution in [2.75, 3.05) is 6.54 Å². The van der Waals surface area contributed by atoms with E-state index in [0.717, 1.165) is 24.1 Å². The minimum Gasteiger partial charge on any atom is -0.330 e. The summed E-state index contributed by atoms with van der Waals surface area (Å²) in [5.41, 5.74) is 7.98. The lowest BCUT2D eigenvalue weighted by molar-refractivity contribution is 0.633. The summed E-state index contributed by atoms with van der Waals surface area (Å²) in [5.74, 6) is -0.260. The maximum absolute atomic E-state index is 13.8. The van der Waals surface area contributed by atoms with Crippen LogP contribution in [0.1, 0.15) is 17.7 Å². The molecule has 0 aliphatic heterocycles. The summed E-state index contributed by atoms with van der Waals surface area (Å²) in [6.45, 7) is 1.16. The van der Waals surface area contributed by atoms with E-state index in [1.807, 2.05) is 6.20 Å². The van der Waals surface area contributed by atoms with E-state index in [-0.39, 0.29) is 5.82 Å². The lowest BCUT2D eigenvalue weighted by atomic mass is 10.1. The molecule has 0 bridgehead atoms. The smallest absolute Gasteiger partial charge is 0.132 e. The number of aromatic nitrogens is 4. The number of halogens is 1. The third-order valence-electron chi connectivity index (χ3n) is 3.36. The predicted octanol–water partition coefficient (Wildman–Crippen LogP) is 1.90. The van der Waals surface area contributed by atoms with Crippen LogP contribution in [0.2, 0.25) is 0 Å². The van der Waals surface area contributed by atoms with Crippen molar-refractivity contribution in [2.24, 2.45) is 5.73 Å². The van der Waals surface area contributed by atoms with Crippen LogP contribution in [-0.2, 0) is 13.0 Å². The standard InChI is InChI=1S/C15H16FN5/c16-14-6-5-11(15-13(14)4-2-8-18-15)9-21-10-12(19-20-21)3-1-7-17/h2,4-6,8,10H,1,3,7,9,17H2. The first-order chi connectivity index (χ1) is 10.3. The van der Waals surface area contributed by atoms with Crippen LogP contribution >= 0.6 is 0 Å². The fourth-order valence-corrected chi connectivity index (χ4v) is 2.31. The monoisotopic (exact) mass is 285 g/mol. The highest BCUT2D eigenvalue weighted by molar-refractivity contribution is 5.82. The zero-order chi connectivity index (χ0) is 14.7. The normalized spacial score (nSPS) is 11.1. The molecule has 5 nitrogen and oxygen atoms in total. The van der Waals surface area contributed by atoms with Gasteiger partial charge in [0.1, 0.15) is 5.82 Å². The molecule has 3 aromatic rings. The number of nitrogens with two attached hydrogens (primary N) is 1. The number of rotatable bonds is 5. The predicted molar refractivity (Wildman–Crippen MR) is 78.2 cm³/mol. The molecule has 0 fully saturated rings. The van der Waals surface area contributed by atoms with E-state index in [2.05, 4.69) is 15.3 Å². The average molecular weight is 285 g/mol. The first-order valence-corrected chi connectivity index (χ1v) is 6.89. The van der Waals surface area contributed by atoms with Gasteiger partial charge < -0.3 is 5.73 Å². The average Bonchev–Trinajstić information content (AvgIpc) is 2.96. The summed E-state index contributed by atoms with van der Waals surface area (Å²) in [6, 6.07) is 6.67. The van der Waals surface area contributed by atoms with Crippen LogP contribution in [0.15, 0.2) is 36.7 Å². The second-order valence-corrected chi connectivity index (χ2v) is 4.91. The lowest BCUT2D eigenvalue weighted by Crippen LogP contribution is -2.02. The number of hydrogen-bond donors (Lipinski definition) is 1.